The molecule has 0 saturated heterocycles. The number of hydrogen-bond donors (Lipinski definition) is 1. The van der Waals surface area contributed by atoms with Gasteiger partial charge in [-0.05, 0) is 24.1 Å². The molecule has 3 rings (SSSR count). The monoisotopic (exact) mass is 351 g/mol. The summed E-state index contributed by atoms with van der Waals surface area (Å²) in [6.45, 7) is 2.15. The first kappa shape index (κ1) is 17.7. The minimum absolute atomic E-state index is 0.0656. The maximum Gasteiger partial charge on any atom is 0.325 e. The van der Waals surface area contributed by atoms with Crippen LogP contribution in [0.2, 0.25) is 0 Å². The third-order valence-corrected chi connectivity index (χ3v) is 4.33. The fraction of sp³-hybridized carbons (Fsp3) is 0.238. The van der Waals surface area contributed by atoms with Gasteiger partial charge in [0.2, 0.25) is 0 Å². The molecule has 5 nitrogen and oxygen atoms in total. The number of ether oxygens (including phenoxy) is 1. The molecule has 0 unspecified atom stereocenters. The molecular formula is C21H21NO4. The highest BCUT2D eigenvalue weighted by atomic mass is 16.5. The second-order valence-electron chi connectivity index (χ2n) is 6.07. The number of hydrogen-bond acceptors (Lipinski definition) is 3. The van der Waals surface area contributed by atoms with Crippen molar-refractivity contribution in [1.29, 1.82) is 0 Å². The summed E-state index contributed by atoms with van der Waals surface area (Å²) in [5, 5.41) is 10.3. The van der Waals surface area contributed by atoms with E-state index in [0.29, 0.717) is 13.0 Å². The standard InChI is InChI=1S/C21H21NO4/c1-2-26-21(25)14-22-18-11-7-6-10-16(18)17(13-20(23)24)19(22)12-15-8-4-3-5-9-15/h3-11H,2,12-14H2,1H3,(H,23,24). The molecule has 2 aromatic carbocycles. The number of carbonyl (C=O) groups is 2. The Morgan fingerprint density at radius 1 is 1.04 bits per heavy atom. The molecular weight excluding hydrogens is 330 g/mol. The van der Waals surface area contributed by atoms with Gasteiger partial charge >= 0.3 is 11.9 Å². The van der Waals surface area contributed by atoms with Crippen LogP contribution in [0.1, 0.15) is 23.7 Å². The van der Waals surface area contributed by atoms with Crippen molar-refractivity contribution in [3.8, 4) is 0 Å². The second-order valence-corrected chi connectivity index (χ2v) is 6.07. The number of aliphatic carboxylic acids is 1. The van der Waals surface area contributed by atoms with E-state index in [2.05, 4.69) is 0 Å². The van der Waals surface area contributed by atoms with Crippen molar-refractivity contribution in [3.63, 3.8) is 0 Å². The summed E-state index contributed by atoms with van der Waals surface area (Å²) in [4.78, 5) is 23.6. The summed E-state index contributed by atoms with van der Waals surface area (Å²) in [6, 6.07) is 17.4. The van der Waals surface area contributed by atoms with Gasteiger partial charge in [0.15, 0.2) is 0 Å². The number of carbonyl (C=O) groups excluding carboxylic acids is 1. The summed E-state index contributed by atoms with van der Waals surface area (Å²) >= 11 is 0. The van der Waals surface area contributed by atoms with Gasteiger partial charge in [-0.3, -0.25) is 9.59 Å². The molecule has 0 saturated carbocycles. The largest absolute Gasteiger partial charge is 0.481 e. The van der Waals surface area contributed by atoms with Crippen LogP contribution >= 0.6 is 0 Å². The zero-order valence-electron chi connectivity index (χ0n) is 14.6. The predicted octanol–water partition coefficient (Wildman–Crippen LogP) is 3.42. The lowest BCUT2D eigenvalue weighted by Crippen LogP contribution is -2.16. The lowest BCUT2D eigenvalue weighted by atomic mass is 10.0. The molecule has 0 fully saturated rings. The molecule has 1 N–H and O–H groups in total. The summed E-state index contributed by atoms with van der Waals surface area (Å²) in [6.07, 6.45) is 0.468. The van der Waals surface area contributed by atoms with Crippen molar-refractivity contribution < 1.29 is 19.4 Å². The number of aromatic nitrogens is 1. The number of nitrogens with zero attached hydrogens (tertiary/aromatic N) is 1. The van der Waals surface area contributed by atoms with E-state index in [1.165, 1.54) is 0 Å². The van der Waals surface area contributed by atoms with Crippen molar-refractivity contribution in [2.75, 3.05) is 6.61 Å². The molecule has 0 bridgehead atoms. The quantitative estimate of drug-likeness (QED) is 0.662. The van der Waals surface area contributed by atoms with Crippen LogP contribution in [0.5, 0.6) is 0 Å². The van der Waals surface area contributed by atoms with Crippen LogP contribution in [0.4, 0.5) is 0 Å². The van der Waals surface area contributed by atoms with Gasteiger partial charge < -0.3 is 14.4 Å². The van der Waals surface area contributed by atoms with Gasteiger partial charge in [-0.25, -0.2) is 0 Å². The maximum atomic E-state index is 12.1. The van der Waals surface area contributed by atoms with Crippen molar-refractivity contribution in [3.05, 3.63) is 71.4 Å². The third-order valence-electron chi connectivity index (χ3n) is 4.33. The van der Waals surface area contributed by atoms with E-state index in [9.17, 15) is 14.7 Å². The molecule has 3 aromatic rings. The fourth-order valence-electron chi connectivity index (χ4n) is 3.28. The van der Waals surface area contributed by atoms with Crippen molar-refractivity contribution in [1.82, 2.24) is 4.57 Å². The van der Waals surface area contributed by atoms with Crippen molar-refractivity contribution >= 4 is 22.8 Å². The van der Waals surface area contributed by atoms with Crippen molar-refractivity contribution in [2.45, 2.75) is 26.3 Å². The second kappa shape index (κ2) is 7.87. The predicted molar refractivity (Wildman–Crippen MR) is 99.2 cm³/mol. The minimum Gasteiger partial charge on any atom is -0.481 e. The Labute approximate surface area is 151 Å². The first-order valence-corrected chi connectivity index (χ1v) is 8.60. The number of para-hydroxylation sites is 1. The Bertz CT molecular complexity index is 928. The summed E-state index contributed by atoms with van der Waals surface area (Å²) in [7, 11) is 0. The molecule has 0 amide bonds. The summed E-state index contributed by atoms with van der Waals surface area (Å²) < 4.78 is 7.00. The number of rotatable bonds is 7. The smallest absolute Gasteiger partial charge is 0.325 e. The van der Waals surface area contributed by atoms with Gasteiger partial charge in [0, 0.05) is 23.0 Å². The molecule has 0 aliphatic rings. The summed E-state index contributed by atoms with van der Waals surface area (Å²) in [5.41, 5.74) is 3.50. The zero-order valence-corrected chi connectivity index (χ0v) is 14.6. The van der Waals surface area contributed by atoms with Gasteiger partial charge in [0.25, 0.3) is 0 Å². The number of fused-ring (bicyclic) bond motifs is 1. The zero-order chi connectivity index (χ0) is 18.5. The van der Waals surface area contributed by atoms with Gasteiger partial charge in [-0.15, -0.1) is 0 Å². The summed E-state index contributed by atoms with van der Waals surface area (Å²) in [5.74, 6) is -1.22. The molecule has 0 aliphatic carbocycles. The number of esters is 1. The Hall–Kier alpha value is -3.08. The first-order valence-electron chi connectivity index (χ1n) is 8.60. The van der Waals surface area contributed by atoms with Gasteiger partial charge in [0.05, 0.1) is 13.0 Å². The lowest BCUT2D eigenvalue weighted by Gasteiger charge is -2.12. The molecule has 134 valence electrons. The van der Waals surface area contributed by atoms with Crippen LogP contribution < -0.4 is 0 Å². The average molecular weight is 351 g/mol. The molecule has 26 heavy (non-hydrogen) atoms. The molecule has 1 heterocycles. The fourth-order valence-corrected chi connectivity index (χ4v) is 3.28. The van der Waals surface area contributed by atoms with Crippen molar-refractivity contribution in [2.24, 2.45) is 0 Å². The molecule has 0 atom stereocenters. The number of carboxylic acid groups (broad SMARTS) is 1. The van der Waals surface area contributed by atoms with Gasteiger partial charge in [-0.1, -0.05) is 48.5 Å². The third kappa shape index (κ3) is 3.77. The van der Waals surface area contributed by atoms with Crippen LogP contribution in [0.25, 0.3) is 10.9 Å². The van der Waals surface area contributed by atoms with Gasteiger partial charge in [-0.2, -0.15) is 0 Å². The number of carboxylic acids is 1. The van der Waals surface area contributed by atoms with Crippen LogP contribution in [-0.4, -0.2) is 28.2 Å². The highest BCUT2D eigenvalue weighted by Crippen LogP contribution is 2.29. The highest BCUT2D eigenvalue weighted by Gasteiger charge is 2.21. The molecule has 0 radical (unpaired) electrons. The Morgan fingerprint density at radius 3 is 2.42 bits per heavy atom. The topological polar surface area (TPSA) is 68.5 Å². The van der Waals surface area contributed by atoms with E-state index >= 15 is 0 Å². The highest BCUT2D eigenvalue weighted by molar-refractivity contribution is 5.90. The Kier molecular flexibility index (Phi) is 5.37. The van der Waals surface area contributed by atoms with E-state index in [1.54, 1.807) is 6.92 Å². The Morgan fingerprint density at radius 2 is 1.73 bits per heavy atom. The number of benzene rings is 2. The first-order chi connectivity index (χ1) is 12.6. The van der Waals surface area contributed by atoms with Crippen LogP contribution in [-0.2, 0) is 33.7 Å². The van der Waals surface area contributed by atoms with E-state index < -0.39 is 5.97 Å². The minimum atomic E-state index is -0.890. The SMILES string of the molecule is CCOC(=O)Cn1c(Cc2ccccc2)c(CC(=O)O)c2ccccc21. The molecule has 5 heteroatoms. The van der Waals surface area contributed by atoms with E-state index in [4.69, 9.17) is 4.74 Å². The lowest BCUT2D eigenvalue weighted by molar-refractivity contribution is -0.143. The van der Waals surface area contributed by atoms with Gasteiger partial charge in [0.1, 0.15) is 6.54 Å². The normalized spacial score (nSPS) is 10.8. The molecule has 0 spiro atoms. The van der Waals surface area contributed by atoms with E-state index in [-0.39, 0.29) is 18.9 Å². The van der Waals surface area contributed by atoms with Crippen LogP contribution in [0.3, 0.4) is 0 Å². The van der Waals surface area contributed by atoms with Crippen LogP contribution in [0, 0.1) is 0 Å². The van der Waals surface area contributed by atoms with E-state index in [1.807, 2.05) is 59.2 Å². The van der Waals surface area contributed by atoms with Crippen LogP contribution in [0.15, 0.2) is 54.6 Å². The average Bonchev–Trinajstić information content (AvgIpc) is 2.89. The molecule has 0 aliphatic heterocycles. The molecule has 1 aromatic heterocycles. The van der Waals surface area contributed by atoms with E-state index in [0.717, 1.165) is 27.7 Å². The Balaban J connectivity index is 2.15. The maximum absolute atomic E-state index is 12.1.